The van der Waals surface area contributed by atoms with Gasteiger partial charge in [-0.25, -0.2) is 0 Å². The number of hydrogen-bond acceptors (Lipinski definition) is 4. The number of likely N-dealkylation sites (N-methyl/N-ethyl adjacent to an activating group) is 1. The first kappa shape index (κ1) is 13.9. The van der Waals surface area contributed by atoms with Crippen LogP contribution in [0.5, 0.6) is 11.5 Å². The minimum atomic E-state index is 0.0124. The molecule has 4 heteroatoms. The number of methoxy groups -OCH3 is 2. The Bertz CT molecular complexity index is 700. The number of nitrogens with zero attached hydrogens (tertiary/aromatic N) is 1. The fraction of sp³-hybridized carbons (Fsp3) is 0.579. The highest BCUT2D eigenvalue weighted by Crippen LogP contribution is 2.62. The SMILES string of the molecule is COc1ccc2c3c1O[C@H]1[C@H](OC)C=C[C@H]4[C@@H](C2)N(C)CC[C@@]341. The summed E-state index contributed by atoms with van der Waals surface area (Å²) in [4.78, 5) is 2.52. The highest BCUT2D eigenvalue weighted by molar-refractivity contribution is 5.62. The van der Waals surface area contributed by atoms with Gasteiger partial charge in [-0.3, -0.25) is 0 Å². The predicted octanol–water partition coefficient (Wildman–Crippen LogP) is 2.16. The molecule has 23 heavy (non-hydrogen) atoms. The number of ether oxygens (including phenoxy) is 3. The van der Waals surface area contributed by atoms with Crippen LogP contribution >= 0.6 is 0 Å². The van der Waals surface area contributed by atoms with Gasteiger partial charge in [-0.15, -0.1) is 0 Å². The van der Waals surface area contributed by atoms with Crippen molar-refractivity contribution in [3.63, 3.8) is 0 Å². The molecular weight excluding hydrogens is 290 g/mol. The lowest BCUT2D eigenvalue weighted by Gasteiger charge is -2.56. The molecule has 1 spiro atoms. The second-order valence-corrected chi connectivity index (χ2v) is 7.32. The van der Waals surface area contributed by atoms with Crippen molar-refractivity contribution in [2.45, 2.75) is 36.5 Å². The molecule has 2 heterocycles. The van der Waals surface area contributed by atoms with E-state index >= 15 is 0 Å². The Kier molecular flexibility index (Phi) is 2.73. The minimum absolute atomic E-state index is 0.0124. The van der Waals surface area contributed by atoms with Crippen molar-refractivity contribution in [1.29, 1.82) is 0 Å². The van der Waals surface area contributed by atoms with Crippen molar-refractivity contribution in [2.24, 2.45) is 5.92 Å². The zero-order valence-electron chi connectivity index (χ0n) is 13.9. The summed E-state index contributed by atoms with van der Waals surface area (Å²) in [6.07, 6.45) is 6.89. The molecule has 0 N–H and O–H groups in total. The molecule has 1 aromatic carbocycles. The predicted molar refractivity (Wildman–Crippen MR) is 87.3 cm³/mol. The van der Waals surface area contributed by atoms with Crippen LogP contribution in [0.25, 0.3) is 0 Å². The van der Waals surface area contributed by atoms with Crippen molar-refractivity contribution in [3.8, 4) is 11.5 Å². The van der Waals surface area contributed by atoms with E-state index in [1.165, 1.54) is 11.1 Å². The van der Waals surface area contributed by atoms with Crippen LogP contribution < -0.4 is 9.47 Å². The van der Waals surface area contributed by atoms with Crippen molar-refractivity contribution in [1.82, 2.24) is 4.90 Å². The van der Waals surface area contributed by atoms with Crippen molar-refractivity contribution in [3.05, 3.63) is 35.4 Å². The average molecular weight is 313 g/mol. The van der Waals surface area contributed by atoms with Crippen LogP contribution in [0.4, 0.5) is 0 Å². The number of hydrogen-bond donors (Lipinski definition) is 0. The van der Waals surface area contributed by atoms with E-state index in [0.29, 0.717) is 12.0 Å². The van der Waals surface area contributed by atoms with Crippen LogP contribution in [-0.4, -0.2) is 51.0 Å². The highest BCUT2D eigenvalue weighted by atomic mass is 16.6. The molecule has 4 nitrogen and oxygen atoms in total. The Morgan fingerprint density at radius 3 is 2.91 bits per heavy atom. The van der Waals surface area contributed by atoms with Crippen molar-refractivity contribution in [2.75, 3.05) is 27.8 Å². The van der Waals surface area contributed by atoms with E-state index in [-0.39, 0.29) is 17.6 Å². The van der Waals surface area contributed by atoms with Crippen LogP contribution in [0.2, 0.25) is 0 Å². The first-order valence-corrected chi connectivity index (χ1v) is 8.49. The van der Waals surface area contributed by atoms with Crippen molar-refractivity contribution >= 4 is 0 Å². The summed E-state index contributed by atoms with van der Waals surface area (Å²) in [6.45, 7) is 1.11. The molecule has 1 saturated heterocycles. The topological polar surface area (TPSA) is 30.9 Å². The summed E-state index contributed by atoms with van der Waals surface area (Å²) < 4.78 is 17.9. The summed E-state index contributed by atoms with van der Waals surface area (Å²) in [5, 5.41) is 0. The zero-order chi connectivity index (χ0) is 15.8. The van der Waals surface area contributed by atoms with Gasteiger partial charge in [-0.2, -0.15) is 0 Å². The van der Waals surface area contributed by atoms with E-state index in [9.17, 15) is 0 Å². The molecular formula is C19H23NO3. The Labute approximate surface area is 137 Å². The van der Waals surface area contributed by atoms with Gasteiger partial charge in [-0.05, 0) is 38.1 Å². The Morgan fingerprint density at radius 1 is 1.26 bits per heavy atom. The molecule has 0 radical (unpaired) electrons. The molecule has 2 aliphatic heterocycles. The molecule has 1 fully saturated rings. The van der Waals surface area contributed by atoms with E-state index in [2.05, 4.69) is 36.2 Å². The standard InChI is InChI=1S/C19H23NO3/c1-20-9-8-19-12-5-7-15(22-3)18(19)23-17-14(21-2)6-4-11(16(17)19)10-13(12)20/h4-7,12-13,15,18H,8-10H2,1-3H3/t12-,13+,15+,18-,19-/m0/s1. The number of benzene rings is 1. The Balaban J connectivity index is 1.80. The van der Waals surface area contributed by atoms with Gasteiger partial charge < -0.3 is 19.1 Å². The summed E-state index contributed by atoms with van der Waals surface area (Å²) in [5.74, 6) is 2.32. The molecule has 4 aliphatic rings. The fourth-order valence-electron chi connectivity index (χ4n) is 5.57. The molecule has 1 aromatic rings. The second-order valence-electron chi connectivity index (χ2n) is 7.32. The van der Waals surface area contributed by atoms with Gasteiger partial charge in [0.2, 0.25) is 0 Å². The normalized spacial score (nSPS) is 39.8. The third kappa shape index (κ3) is 1.49. The maximum absolute atomic E-state index is 6.52. The van der Waals surface area contributed by atoms with Crippen LogP contribution in [0.1, 0.15) is 17.5 Å². The van der Waals surface area contributed by atoms with Crippen LogP contribution in [0, 0.1) is 5.92 Å². The van der Waals surface area contributed by atoms with E-state index in [1.54, 1.807) is 14.2 Å². The quantitative estimate of drug-likeness (QED) is 0.783. The summed E-state index contributed by atoms with van der Waals surface area (Å²) >= 11 is 0. The average Bonchev–Trinajstić information content (AvgIpc) is 2.92. The van der Waals surface area contributed by atoms with E-state index in [1.807, 2.05) is 0 Å². The molecule has 2 aliphatic carbocycles. The summed E-state index contributed by atoms with van der Waals surface area (Å²) in [6, 6.07) is 4.86. The monoisotopic (exact) mass is 313 g/mol. The van der Waals surface area contributed by atoms with Gasteiger partial charge >= 0.3 is 0 Å². The fourth-order valence-corrected chi connectivity index (χ4v) is 5.57. The smallest absolute Gasteiger partial charge is 0.165 e. The Hall–Kier alpha value is -1.52. The van der Waals surface area contributed by atoms with E-state index < -0.39 is 0 Å². The van der Waals surface area contributed by atoms with Gasteiger partial charge in [-0.1, -0.05) is 18.2 Å². The van der Waals surface area contributed by atoms with Gasteiger partial charge in [0.25, 0.3) is 0 Å². The third-order valence-electron chi connectivity index (χ3n) is 6.61. The zero-order valence-corrected chi connectivity index (χ0v) is 13.9. The Morgan fingerprint density at radius 2 is 2.13 bits per heavy atom. The molecule has 0 saturated carbocycles. The maximum atomic E-state index is 6.52. The molecule has 5 atom stereocenters. The minimum Gasteiger partial charge on any atom is -0.493 e. The van der Waals surface area contributed by atoms with Gasteiger partial charge in [0.15, 0.2) is 11.5 Å². The highest BCUT2D eigenvalue weighted by Gasteiger charge is 2.64. The maximum Gasteiger partial charge on any atom is 0.165 e. The summed E-state index contributed by atoms with van der Waals surface area (Å²) in [7, 11) is 5.77. The largest absolute Gasteiger partial charge is 0.493 e. The molecule has 122 valence electrons. The lowest BCUT2D eigenvalue weighted by atomic mass is 9.53. The van der Waals surface area contributed by atoms with Gasteiger partial charge in [0.1, 0.15) is 12.2 Å². The molecule has 2 bridgehead atoms. The van der Waals surface area contributed by atoms with Gasteiger partial charge in [0.05, 0.1) is 7.11 Å². The number of piperidine rings is 1. The third-order valence-corrected chi connectivity index (χ3v) is 6.61. The van der Waals surface area contributed by atoms with Crippen LogP contribution in [-0.2, 0) is 16.6 Å². The second kappa shape index (κ2) is 4.52. The first-order chi connectivity index (χ1) is 11.2. The van der Waals surface area contributed by atoms with Crippen LogP contribution in [0.15, 0.2) is 24.3 Å². The molecule has 0 unspecified atom stereocenters. The lowest BCUT2D eigenvalue weighted by molar-refractivity contribution is -0.0581. The molecule has 0 aromatic heterocycles. The molecule has 5 rings (SSSR count). The van der Waals surface area contributed by atoms with Crippen LogP contribution in [0.3, 0.4) is 0 Å². The lowest BCUT2D eigenvalue weighted by Crippen LogP contribution is -2.65. The molecule has 0 amide bonds. The van der Waals surface area contributed by atoms with E-state index in [4.69, 9.17) is 14.2 Å². The van der Waals surface area contributed by atoms with Crippen molar-refractivity contribution < 1.29 is 14.2 Å². The summed E-state index contributed by atoms with van der Waals surface area (Å²) in [5.41, 5.74) is 2.88. The first-order valence-electron chi connectivity index (χ1n) is 8.49. The number of rotatable bonds is 2. The number of likely N-dealkylation sites (tertiary alicyclic amines) is 1. The van der Waals surface area contributed by atoms with E-state index in [0.717, 1.165) is 30.9 Å². The van der Waals surface area contributed by atoms with Gasteiger partial charge in [0, 0.05) is 30.0 Å².